The minimum absolute atomic E-state index is 0.0169. The number of rotatable bonds is 1. The summed E-state index contributed by atoms with van der Waals surface area (Å²) < 4.78 is 0. The first-order valence-corrected chi connectivity index (χ1v) is 7.37. The maximum absolute atomic E-state index is 12.7. The third-order valence-corrected chi connectivity index (χ3v) is 5.27. The number of carbonyl (C=O) groups is 2. The lowest BCUT2D eigenvalue weighted by Crippen LogP contribution is -2.32. The largest absolute Gasteiger partial charge is 0.361 e. The molecule has 1 aliphatic heterocycles. The lowest BCUT2D eigenvalue weighted by Gasteiger charge is -2.17. The van der Waals surface area contributed by atoms with Crippen molar-refractivity contribution < 1.29 is 9.59 Å². The maximum atomic E-state index is 12.7. The third kappa shape index (κ3) is 1.30. The molecule has 104 valence electrons. The summed E-state index contributed by atoms with van der Waals surface area (Å²) in [5.41, 5.74) is 1.71. The van der Waals surface area contributed by atoms with Crippen LogP contribution in [0.5, 0.6) is 0 Å². The van der Waals surface area contributed by atoms with Crippen LogP contribution in [0, 0.1) is 23.7 Å². The summed E-state index contributed by atoms with van der Waals surface area (Å²) in [5.74, 6) is 0.229. The first-order valence-electron chi connectivity index (χ1n) is 7.37. The zero-order chi connectivity index (χ0) is 14.1. The second-order valence-electron chi connectivity index (χ2n) is 6.26. The summed E-state index contributed by atoms with van der Waals surface area (Å²) in [6.07, 6.45) is 7.07. The molecule has 1 N–H and O–H groups in total. The number of allylic oxidation sites excluding steroid dienone is 2. The van der Waals surface area contributed by atoms with Crippen molar-refractivity contribution in [3.63, 3.8) is 0 Å². The highest BCUT2D eigenvalue weighted by Gasteiger charge is 2.59. The molecule has 2 fully saturated rings. The first kappa shape index (κ1) is 11.3. The van der Waals surface area contributed by atoms with E-state index in [0.29, 0.717) is 5.69 Å². The molecule has 4 nitrogen and oxygen atoms in total. The van der Waals surface area contributed by atoms with Gasteiger partial charge in [-0.1, -0.05) is 12.2 Å². The molecule has 3 aliphatic rings. The fourth-order valence-electron chi connectivity index (χ4n) is 4.34. The quantitative estimate of drug-likeness (QED) is 0.643. The molecule has 4 atom stereocenters. The van der Waals surface area contributed by atoms with Gasteiger partial charge in [-0.15, -0.1) is 0 Å². The van der Waals surface area contributed by atoms with Crippen molar-refractivity contribution in [1.29, 1.82) is 0 Å². The van der Waals surface area contributed by atoms with Crippen molar-refractivity contribution in [3.8, 4) is 0 Å². The molecule has 1 saturated heterocycles. The second kappa shape index (κ2) is 3.64. The molecule has 21 heavy (non-hydrogen) atoms. The van der Waals surface area contributed by atoms with Crippen LogP contribution < -0.4 is 4.90 Å². The van der Waals surface area contributed by atoms with E-state index < -0.39 is 0 Å². The zero-order valence-corrected chi connectivity index (χ0v) is 11.3. The van der Waals surface area contributed by atoms with Crippen LogP contribution in [0.1, 0.15) is 6.42 Å². The number of nitrogens with zero attached hydrogens (tertiary/aromatic N) is 1. The summed E-state index contributed by atoms with van der Waals surface area (Å²) in [4.78, 5) is 30.0. The van der Waals surface area contributed by atoms with Crippen molar-refractivity contribution in [2.45, 2.75) is 6.42 Å². The molecule has 0 spiro atoms. The SMILES string of the molecule is O=C1C2C3C=CC(C3)C2C(=O)N1c1ccc2[nH]ccc2c1. The molecule has 2 heterocycles. The van der Waals surface area contributed by atoms with Crippen molar-refractivity contribution in [2.75, 3.05) is 4.90 Å². The van der Waals surface area contributed by atoms with Crippen LogP contribution in [0.25, 0.3) is 10.9 Å². The molecule has 1 aromatic carbocycles. The van der Waals surface area contributed by atoms with Crippen molar-refractivity contribution >= 4 is 28.4 Å². The van der Waals surface area contributed by atoms with Gasteiger partial charge in [0.1, 0.15) is 0 Å². The lowest BCUT2D eigenvalue weighted by atomic mass is 9.85. The number of aromatic amines is 1. The maximum Gasteiger partial charge on any atom is 0.238 e. The summed E-state index contributed by atoms with van der Waals surface area (Å²) in [7, 11) is 0. The van der Waals surface area contributed by atoms with E-state index >= 15 is 0 Å². The van der Waals surface area contributed by atoms with Crippen LogP contribution in [-0.4, -0.2) is 16.8 Å². The molecule has 1 aromatic heterocycles. The number of hydrogen-bond acceptors (Lipinski definition) is 2. The normalized spacial score (nSPS) is 33.4. The molecule has 1 saturated carbocycles. The number of aromatic nitrogens is 1. The van der Waals surface area contributed by atoms with E-state index in [1.807, 2.05) is 30.5 Å². The average Bonchev–Trinajstić information content (AvgIpc) is 3.22. The minimum Gasteiger partial charge on any atom is -0.361 e. The van der Waals surface area contributed by atoms with Crippen LogP contribution in [-0.2, 0) is 9.59 Å². The van der Waals surface area contributed by atoms with Gasteiger partial charge in [-0.3, -0.25) is 9.59 Å². The van der Waals surface area contributed by atoms with Gasteiger partial charge in [-0.2, -0.15) is 0 Å². The highest BCUT2D eigenvalue weighted by molar-refractivity contribution is 6.23. The van der Waals surface area contributed by atoms with Gasteiger partial charge in [0.2, 0.25) is 11.8 Å². The summed E-state index contributed by atoms with van der Waals surface area (Å²) in [6.45, 7) is 0. The number of benzene rings is 1. The molecular weight excluding hydrogens is 264 g/mol. The monoisotopic (exact) mass is 278 g/mol. The van der Waals surface area contributed by atoms with Crippen molar-refractivity contribution in [3.05, 3.63) is 42.6 Å². The van der Waals surface area contributed by atoms with Gasteiger partial charge in [0.15, 0.2) is 0 Å². The van der Waals surface area contributed by atoms with Crippen LogP contribution in [0.15, 0.2) is 42.6 Å². The number of H-pyrrole nitrogens is 1. The minimum atomic E-state index is -0.130. The Morgan fingerprint density at radius 2 is 1.71 bits per heavy atom. The van der Waals surface area contributed by atoms with Gasteiger partial charge in [-0.05, 0) is 42.5 Å². The highest BCUT2D eigenvalue weighted by atomic mass is 16.2. The molecule has 2 bridgehead atoms. The van der Waals surface area contributed by atoms with E-state index in [-0.39, 0.29) is 35.5 Å². The van der Waals surface area contributed by atoms with Gasteiger partial charge in [-0.25, -0.2) is 4.90 Å². The molecule has 4 unspecified atom stereocenters. The van der Waals surface area contributed by atoms with E-state index in [4.69, 9.17) is 0 Å². The topological polar surface area (TPSA) is 53.2 Å². The van der Waals surface area contributed by atoms with E-state index in [9.17, 15) is 9.59 Å². The number of amides is 2. The molecular formula is C17H14N2O2. The number of nitrogens with one attached hydrogen (secondary N) is 1. The zero-order valence-electron chi connectivity index (χ0n) is 11.3. The van der Waals surface area contributed by atoms with E-state index in [1.54, 1.807) is 0 Å². The number of hydrogen-bond donors (Lipinski definition) is 1. The van der Waals surface area contributed by atoms with Crippen LogP contribution >= 0.6 is 0 Å². The van der Waals surface area contributed by atoms with E-state index in [2.05, 4.69) is 17.1 Å². The van der Waals surface area contributed by atoms with Gasteiger partial charge in [0.25, 0.3) is 0 Å². The molecule has 5 rings (SSSR count). The Morgan fingerprint density at radius 1 is 1.00 bits per heavy atom. The fourth-order valence-corrected chi connectivity index (χ4v) is 4.34. The summed E-state index contributed by atoms with van der Waals surface area (Å²) in [6, 6.07) is 7.64. The summed E-state index contributed by atoms with van der Waals surface area (Å²) >= 11 is 0. The van der Waals surface area contributed by atoms with E-state index in [0.717, 1.165) is 17.3 Å². The smallest absolute Gasteiger partial charge is 0.238 e. The Bertz CT molecular complexity index is 789. The van der Waals surface area contributed by atoms with Crippen LogP contribution in [0.3, 0.4) is 0 Å². The molecule has 2 amide bonds. The van der Waals surface area contributed by atoms with Crippen LogP contribution in [0.4, 0.5) is 5.69 Å². The Balaban J connectivity index is 1.61. The molecule has 0 radical (unpaired) electrons. The highest BCUT2D eigenvalue weighted by Crippen LogP contribution is 2.53. The molecule has 2 aliphatic carbocycles. The standard InChI is InChI=1S/C17H14N2O2/c20-16-14-10-1-2-11(7-10)15(14)17(21)19(16)12-3-4-13-9(8-12)5-6-18-13/h1-6,8,10-11,14-15,18H,7H2. The van der Waals surface area contributed by atoms with Crippen LogP contribution in [0.2, 0.25) is 0 Å². The third-order valence-electron chi connectivity index (χ3n) is 5.27. The van der Waals surface area contributed by atoms with Crippen molar-refractivity contribution in [1.82, 2.24) is 4.98 Å². The number of imide groups is 1. The number of fused-ring (bicyclic) bond motifs is 6. The Kier molecular flexibility index (Phi) is 1.96. The average molecular weight is 278 g/mol. The summed E-state index contributed by atoms with van der Waals surface area (Å²) in [5, 5.41) is 1.02. The lowest BCUT2D eigenvalue weighted by molar-refractivity contribution is -0.123. The fraction of sp³-hybridized carbons (Fsp3) is 0.294. The van der Waals surface area contributed by atoms with Crippen molar-refractivity contribution in [2.24, 2.45) is 23.7 Å². The van der Waals surface area contributed by atoms with Gasteiger partial charge in [0.05, 0.1) is 17.5 Å². The molecule has 2 aromatic rings. The Labute approximate surface area is 121 Å². The van der Waals surface area contributed by atoms with Gasteiger partial charge >= 0.3 is 0 Å². The first-order chi connectivity index (χ1) is 10.2. The Hall–Kier alpha value is -2.36. The Morgan fingerprint density at radius 3 is 2.43 bits per heavy atom. The molecule has 4 heteroatoms. The predicted molar refractivity (Wildman–Crippen MR) is 78.5 cm³/mol. The second-order valence-corrected chi connectivity index (χ2v) is 6.26. The number of carbonyl (C=O) groups excluding carboxylic acids is 2. The predicted octanol–water partition coefficient (Wildman–Crippen LogP) is 2.48. The number of anilines is 1. The van der Waals surface area contributed by atoms with E-state index in [1.165, 1.54) is 4.90 Å². The van der Waals surface area contributed by atoms with Gasteiger partial charge in [0, 0.05) is 17.1 Å². The van der Waals surface area contributed by atoms with Gasteiger partial charge < -0.3 is 4.98 Å².